The van der Waals surface area contributed by atoms with E-state index in [0.717, 1.165) is 0 Å². The summed E-state index contributed by atoms with van der Waals surface area (Å²) in [5.41, 5.74) is -3.45. The molecule has 2 N–H and O–H groups in total. The van der Waals surface area contributed by atoms with E-state index in [1.54, 1.807) is 0 Å². The Morgan fingerprint density at radius 1 is 1.28 bits per heavy atom. The number of carboxylic acids is 1. The molecule has 0 aliphatic carbocycles. The van der Waals surface area contributed by atoms with Crippen molar-refractivity contribution < 1.29 is 27.9 Å². The molecule has 98 valence electrons. The van der Waals surface area contributed by atoms with Crippen LogP contribution in [0.1, 0.15) is 17.3 Å². The molecule has 0 bridgehead atoms. The highest BCUT2D eigenvalue weighted by Crippen LogP contribution is 2.30. The van der Waals surface area contributed by atoms with Gasteiger partial charge in [0.1, 0.15) is 0 Å². The molecule has 1 aromatic heterocycles. The molecule has 5 nitrogen and oxygen atoms in total. The Labute approximate surface area is 99.6 Å². The normalized spacial score (nSPS) is 14.7. The van der Waals surface area contributed by atoms with E-state index in [1.165, 1.54) is 29.8 Å². The van der Waals surface area contributed by atoms with E-state index in [-0.39, 0.29) is 5.56 Å². The fraction of sp³-hybridized carbons (Fsp3) is 0.300. The van der Waals surface area contributed by atoms with E-state index in [2.05, 4.69) is 4.98 Å². The molecule has 0 saturated carbocycles. The SMILES string of the molecule is CC(NC(=O)c1ccncc1)(C(=O)O)C(F)(F)F. The number of nitrogens with one attached hydrogen (secondary N) is 1. The van der Waals surface area contributed by atoms with Crippen LogP contribution in [0.15, 0.2) is 24.5 Å². The van der Waals surface area contributed by atoms with Crippen molar-refractivity contribution in [1.82, 2.24) is 10.3 Å². The van der Waals surface area contributed by atoms with E-state index < -0.39 is 23.6 Å². The molecule has 0 spiro atoms. The molecule has 0 fully saturated rings. The van der Waals surface area contributed by atoms with Crippen LogP contribution in [0.4, 0.5) is 13.2 Å². The van der Waals surface area contributed by atoms with Gasteiger partial charge in [0.05, 0.1) is 0 Å². The molecule has 1 heterocycles. The van der Waals surface area contributed by atoms with Crippen LogP contribution in [0.5, 0.6) is 0 Å². The van der Waals surface area contributed by atoms with Gasteiger partial charge in [0.25, 0.3) is 5.91 Å². The second-order valence-electron chi connectivity index (χ2n) is 3.62. The maximum absolute atomic E-state index is 12.6. The maximum atomic E-state index is 12.6. The summed E-state index contributed by atoms with van der Waals surface area (Å²) < 4.78 is 37.9. The number of nitrogens with zero attached hydrogens (tertiary/aromatic N) is 1. The Balaban J connectivity index is 3.01. The van der Waals surface area contributed by atoms with Crippen LogP contribution >= 0.6 is 0 Å². The zero-order valence-corrected chi connectivity index (χ0v) is 9.15. The number of carbonyl (C=O) groups excluding carboxylic acids is 1. The minimum atomic E-state index is -5.11. The average molecular weight is 262 g/mol. The first kappa shape index (κ1) is 13.9. The summed E-state index contributed by atoms with van der Waals surface area (Å²) in [6.07, 6.45) is -2.69. The van der Waals surface area contributed by atoms with E-state index in [1.807, 2.05) is 0 Å². The van der Waals surface area contributed by atoms with Gasteiger partial charge in [0.2, 0.25) is 5.54 Å². The standard InChI is InChI=1S/C10H9F3N2O3/c1-9(8(17)18,10(11,12)13)15-7(16)6-2-4-14-5-3-6/h2-5H,1H3,(H,15,16)(H,17,18). The predicted octanol–water partition coefficient (Wildman–Crippen LogP) is 1.22. The first-order chi connectivity index (χ1) is 8.18. The monoisotopic (exact) mass is 262 g/mol. The molecular formula is C10H9F3N2O3. The van der Waals surface area contributed by atoms with Crippen molar-refractivity contribution in [1.29, 1.82) is 0 Å². The number of aliphatic carboxylic acids is 1. The summed E-state index contributed by atoms with van der Waals surface area (Å²) in [5.74, 6) is -3.32. The number of rotatable bonds is 3. The molecule has 1 rings (SSSR count). The van der Waals surface area contributed by atoms with Gasteiger partial charge in [-0.05, 0) is 19.1 Å². The van der Waals surface area contributed by atoms with Gasteiger partial charge in [-0.25, -0.2) is 4.79 Å². The van der Waals surface area contributed by atoms with Crippen molar-refractivity contribution in [2.24, 2.45) is 0 Å². The molecule has 1 unspecified atom stereocenters. The predicted molar refractivity (Wildman–Crippen MR) is 53.8 cm³/mol. The van der Waals surface area contributed by atoms with Crippen molar-refractivity contribution in [3.8, 4) is 0 Å². The zero-order valence-electron chi connectivity index (χ0n) is 9.15. The Morgan fingerprint density at radius 2 is 1.78 bits per heavy atom. The lowest BCUT2D eigenvalue weighted by molar-refractivity contribution is -0.203. The van der Waals surface area contributed by atoms with E-state index >= 15 is 0 Å². The number of alkyl halides is 3. The molecule has 1 aromatic rings. The van der Waals surface area contributed by atoms with Crippen molar-refractivity contribution >= 4 is 11.9 Å². The van der Waals surface area contributed by atoms with Crippen LogP contribution in [-0.2, 0) is 4.79 Å². The van der Waals surface area contributed by atoms with Crippen molar-refractivity contribution in [3.63, 3.8) is 0 Å². The van der Waals surface area contributed by atoms with Crippen molar-refractivity contribution in [2.75, 3.05) is 0 Å². The minimum Gasteiger partial charge on any atom is -0.479 e. The highest BCUT2D eigenvalue weighted by Gasteiger charge is 2.58. The summed E-state index contributed by atoms with van der Waals surface area (Å²) >= 11 is 0. The Bertz CT molecular complexity index is 461. The number of amides is 1. The molecular weight excluding hydrogens is 253 g/mol. The molecule has 0 aliphatic heterocycles. The van der Waals surface area contributed by atoms with Crippen LogP contribution in [0, 0.1) is 0 Å². The molecule has 8 heteroatoms. The number of hydrogen-bond donors (Lipinski definition) is 2. The maximum Gasteiger partial charge on any atom is 0.422 e. The first-order valence-electron chi connectivity index (χ1n) is 4.71. The smallest absolute Gasteiger partial charge is 0.422 e. The van der Waals surface area contributed by atoms with Crippen LogP contribution < -0.4 is 5.32 Å². The minimum absolute atomic E-state index is 0.110. The second kappa shape index (κ2) is 4.63. The fourth-order valence-corrected chi connectivity index (χ4v) is 1.05. The van der Waals surface area contributed by atoms with Crippen LogP contribution in [0.3, 0.4) is 0 Å². The van der Waals surface area contributed by atoms with Gasteiger partial charge in [0.15, 0.2) is 0 Å². The number of pyridine rings is 1. The summed E-state index contributed by atoms with van der Waals surface area (Å²) in [6.45, 7) is 0.383. The third-order valence-electron chi connectivity index (χ3n) is 2.30. The van der Waals surface area contributed by atoms with Crippen LogP contribution in [-0.4, -0.2) is 33.7 Å². The molecule has 0 aromatic carbocycles. The molecule has 1 atom stereocenters. The highest BCUT2D eigenvalue weighted by molar-refractivity contribution is 5.97. The van der Waals surface area contributed by atoms with Gasteiger partial charge in [-0.1, -0.05) is 0 Å². The fourth-order valence-electron chi connectivity index (χ4n) is 1.05. The molecule has 1 amide bonds. The van der Waals surface area contributed by atoms with Gasteiger partial charge in [-0.3, -0.25) is 9.78 Å². The summed E-state index contributed by atoms with van der Waals surface area (Å²) in [6, 6.07) is 2.35. The highest BCUT2D eigenvalue weighted by atomic mass is 19.4. The van der Waals surface area contributed by atoms with Gasteiger partial charge < -0.3 is 10.4 Å². The Kier molecular flexibility index (Phi) is 3.59. The third-order valence-corrected chi connectivity index (χ3v) is 2.30. The number of carbonyl (C=O) groups is 2. The largest absolute Gasteiger partial charge is 0.479 e. The van der Waals surface area contributed by atoms with Crippen LogP contribution in [0.2, 0.25) is 0 Å². The number of hydrogen-bond acceptors (Lipinski definition) is 3. The Hall–Kier alpha value is -2.12. The lowest BCUT2D eigenvalue weighted by Crippen LogP contribution is -2.61. The number of halogens is 3. The average Bonchev–Trinajstić information content (AvgIpc) is 2.28. The Morgan fingerprint density at radius 3 is 2.17 bits per heavy atom. The van der Waals surface area contributed by atoms with Gasteiger partial charge in [-0.2, -0.15) is 13.2 Å². The van der Waals surface area contributed by atoms with Crippen molar-refractivity contribution in [2.45, 2.75) is 18.6 Å². The van der Waals surface area contributed by atoms with E-state index in [4.69, 9.17) is 5.11 Å². The molecule has 0 radical (unpaired) electrons. The molecule has 0 saturated heterocycles. The first-order valence-corrected chi connectivity index (χ1v) is 4.71. The number of aromatic nitrogens is 1. The molecule has 0 aliphatic rings. The summed E-state index contributed by atoms with van der Waals surface area (Å²) in [4.78, 5) is 25.8. The lowest BCUT2D eigenvalue weighted by Gasteiger charge is -2.28. The quantitative estimate of drug-likeness (QED) is 0.858. The lowest BCUT2D eigenvalue weighted by atomic mass is 10.0. The van der Waals surface area contributed by atoms with E-state index in [0.29, 0.717) is 6.92 Å². The van der Waals surface area contributed by atoms with Crippen LogP contribution in [0.25, 0.3) is 0 Å². The van der Waals surface area contributed by atoms with Gasteiger partial charge in [-0.15, -0.1) is 0 Å². The van der Waals surface area contributed by atoms with E-state index in [9.17, 15) is 22.8 Å². The topological polar surface area (TPSA) is 79.3 Å². The summed E-state index contributed by atoms with van der Waals surface area (Å²) in [7, 11) is 0. The number of carboxylic acid groups (broad SMARTS) is 1. The second-order valence-corrected chi connectivity index (χ2v) is 3.62. The third kappa shape index (κ3) is 2.58. The van der Waals surface area contributed by atoms with Gasteiger partial charge >= 0.3 is 12.1 Å². The van der Waals surface area contributed by atoms with Crippen molar-refractivity contribution in [3.05, 3.63) is 30.1 Å². The summed E-state index contributed by atoms with van der Waals surface area (Å²) in [5, 5.41) is 10.1. The van der Waals surface area contributed by atoms with Gasteiger partial charge in [0, 0.05) is 18.0 Å². The zero-order chi connectivity index (χ0) is 14.0. The molecule has 18 heavy (non-hydrogen) atoms.